The van der Waals surface area contributed by atoms with Gasteiger partial charge in [-0.2, -0.15) is 0 Å². The van der Waals surface area contributed by atoms with E-state index < -0.39 is 11.6 Å². The maximum absolute atomic E-state index is 13.5. The average molecular weight is 417 g/mol. The summed E-state index contributed by atoms with van der Waals surface area (Å²) in [6.07, 6.45) is 5.46. The number of ketones is 1. The number of allylic oxidation sites excluding steroid dienone is 2. The SMILES string of the molecule is C=C/C=C(\C=C)C(c1ccccc1)(c1ccccc1)N(C)C(=O)CC(NC=O)C(C)=O. The van der Waals surface area contributed by atoms with Crippen molar-refractivity contribution >= 4 is 18.1 Å². The van der Waals surface area contributed by atoms with Gasteiger partial charge in [0.15, 0.2) is 5.78 Å². The van der Waals surface area contributed by atoms with Crippen LogP contribution in [-0.2, 0) is 19.9 Å². The minimum absolute atomic E-state index is 0.162. The van der Waals surface area contributed by atoms with Gasteiger partial charge in [0.05, 0.1) is 12.5 Å². The van der Waals surface area contributed by atoms with Crippen molar-refractivity contribution in [2.75, 3.05) is 7.05 Å². The van der Waals surface area contributed by atoms with E-state index in [9.17, 15) is 14.4 Å². The molecule has 160 valence electrons. The lowest BCUT2D eigenvalue weighted by Gasteiger charge is -2.44. The van der Waals surface area contributed by atoms with E-state index in [2.05, 4.69) is 18.5 Å². The number of rotatable bonds is 11. The fraction of sp³-hybridized carbons (Fsp3) is 0.192. The molecule has 0 radical (unpaired) electrons. The van der Waals surface area contributed by atoms with Gasteiger partial charge >= 0.3 is 0 Å². The zero-order valence-corrected chi connectivity index (χ0v) is 18.0. The van der Waals surface area contributed by atoms with Gasteiger partial charge in [0.1, 0.15) is 5.54 Å². The third-order valence-electron chi connectivity index (χ3n) is 5.33. The highest BCUT2D eigenvalue weighted by Crippen LogP contribution is 2.42. The number of amides is 2. The van der Waals surface area contributed by atoms with Crippen molar-refractivity contribution < 1.29 is 14.4 Å². The predicted octanol–water partition coefficient (Wildman–Crippen LogP) is 3.78. The van der Waals surface area contributed by atoms with Crippen LogP contribution in [0, 0.1) is 0 Å². The van der Waals surface area contributed by atoms with Crippen molar-refractivity contribution in [1.29, 1.82) is 0 Å². The number of nitrogens with zero attached hydrogens (tertiary/aromatic N) is 1. The summed E-state index contributed by atoms with van der Waals surface area (Å²) in [7, 11) is 1.70. The lowest BCUT2D eigenvalue weighted by molar-refractivity contribution is -0.136. The van der Waals surface area contributed by atoms with Gasteiger partial charge in [0.2, 0.25) is 12.3 Å². The summed E-state index contributed by atoms with van der Waals surface area (Å²) in [4.78, 5) is 38.0. The molecule has 0 aliphatic heterocycles. The summed E-state index contributed by atoms with van der Waals surface area (Å²) >= 11 is 0. The van der Waals surface area contributed by atoms with Crippen LogP contribution in [0.3, 0.4) is 0 Å². The molecule has 2 aromatic rings. The molecule has 1 N–H and O–H groups in total. The molecule has 0 aliphatic rings. The summed E-state index contributed by atoms with van der Waals surface area (Å²) in [5.74, 6) is -0.594. The molecule has 0 aliphatic carbocycles. The Bertz CT molecular complexity index is 925. The second-order valence-corrected chi connectivity index (χ2v) is 7.11. The van der Waals surface area contributed by atoms with Gasteiger partial charge in [-0.3, -0.25) is 14.4 Å². The van der Waals surface area contributed by atoms with E-state index in [1.54, 1.807) is 24.1 Å². The van der Waals surface area contributed by atoms with Crippen molar-refractivity contribution in [3.8, 4) is 0 Å². The second-order valence-electron chi connectivity index (χ2n) is 7.11. The molecule has 5 heteroatoms. The molecule has 0 spiro atoms. The summed E-state index contributed by atoms with van der Waals surface area (Å²) in [5.41, 5.74) is 1.44. The first-order valence-corrected chi connectivity index (χ1v) is 9.96. The normalized spacial score (nSPS) is 12.4. The topological polar surface area (TPSA) is 66.5 Å². The van der Waals surface area contributed by atoms with Gasteiger partial charge in [0, 0.05) is 7.05 Å². The van der Waals surface area contributed by atoms with Crippen LogP contribution in [0.5, 0.6) is 0 Å². The maximum atomic E-state index is 13.5. The predicted molar refractivity (Wildman–Crippen MR) is 123 cm³/mol. The van der Waals surface area contributed by atoms with Gasteiger partial charge in [0.25, 0.3) is 0 Å². The highest BCUT2D eigenvalue weighted by molar-refractivity contribution is 5.90. The average Bonchev–Trinajstić information content (AvgIpc) is 2.79. The zero-order valence-electron chi connectivity index (χ0n) is 18.0. The minimum Gasteiger partial charge on any atom is -0.348 e. The Balaban J connectivity index is 2.76. The molecule has 5 nitrogen and oxygen atoms in total. The van der Waals surface area contributed by atoms with Crippen molar-refractivity contribution in [3.63, 3.8) is 0 Å². The maximum Gasteiger partial charge on any atom is 0.226 e. The minimum atomic E-state index is -1.02. The molecule has 0 bridgehead atoms. The molecule has 0 aromatic heterocycles. The third kappa shape index (κ3) is 4.89. The van der Waals surface area contributed by atoms with Crippen LogP contribution in [0.4, 0.5) is 0 Å². The van der Waals surface area contributed by atoms with E-state index in [1.165, 1.54) is 6.92 Å². The van der Waals surface area contributed by atoms with Crippen LogP contribution in [0.2, 0.25) is 0 Å². The summed E-state index contributed by atoms with van der Waals surface area (Å²) < 4.78 is 0. The molecular weight excluding hydrogens is 388 g/mol. The summed E-state index contributed by atoms with van der Waals surface area (Å²) in [6.45, 7) is 9.17. The number of carbonyl (C=O) groups excluding carboxylic acids is 3. The van der Waals surface area contributed by atoms with Crippen molar-refractivity contribution in [2.24, 2.45) is 0 Å². The fourth-order valence-corrected chi connectivity index (χ4v) is 3.80. The Morgan fingerprint density at radius 1 is 1.03 bits per heavy atom. The first-order valence-electron chi connectivity index (χ1n) is 9.96. The molecular formula is C26H28N2O3. The molecule has 0 saturated heterocycles. The summed E-state index contributed by atoms with van der Waals surface area (Å²) in [6, 6.07) is 18.3. The fourth-order valence-electron chi connectivity index (χ4n) is 3.80. The van der Waals surface area contributed by atoms with Crippen LogP contribution in [-0.4, -0.2) is 36.1 Å². The summed E-state index contributed by atoms with van der Waals surface area (Å²) in [5, 5.41) is 2.44. The molecule has 1 atom stereocenters. The lowest BCUT2D eigenvalue weighted by Crippen LogP contribution is -2.51. The van der Waals surface area contributed by atoms with Gasteiger partial charge < -0.3 is 10.2 Å². The molecule has 2 amide bonds. The number of hydrogen-bond acceptors (Lipinski definition) is 3. The Morgan fingerprint density at radius 3 is 1.94 bits per heavy atom. The van der Waals surface area contributed by atoms with Gasteiger partial charge in [-0.05, 0) is 23.6 Å². The quantitative estimate of drug-likeness (QED) is 0.448. The molecule has 0 saturated carbocycles. The number of hydrogen-bond donors (Lipinski definition) is 1. The molecule has 31 heavy (non-hydrogen) atoms. The Labute approximate surface area is 183 Å². The van der Waals surface area contributed by atoms with Gasteiger partial charge in [-0.1, -0.05) is 92.0 Å². The standard InChI is InChI=1S/C26H28N2O3/c1-5-13-21(6-2)26(22-14-9-7-10-15-22,23-16-11-8-12-17-23)28(4)25(31)18-24(20(3)30)27-19-29/h5-17,19,24H,1-2,18H2,3-4H3,(H,27,29)/b21-13+. The van der Waals surface area contributed by atoms with Crippen LogP contribution >= 0.6 is 0 Å². The monoisotopic (exact) mass is 416 g/mol. The molecule has 1 unspecified atom stereocenters. The highest BCUT2D eigenvalue weighted by atomic mass is 16.2. The van der Waals surface area contributed by atoms with Crippen LogP contribution in [0.15, 0.2) is 97.6 Å². The zero-order chi connectivity index (χ0) is 22.9. The van der Waals surface area contributed by atoms with E-state index in [0.29, 0.717) is 6.41 Å². The van der Waals surface area contributed by atoms with Gasteiger partial charge in [-0.15, -0.1) is 0 Å². The van der Waals surface area contributed by atoms with Crippen molar-refractivity contribution in [1.82, 2.24) is 10.2 Å². The van der Waals surface area contributed by atoms with Crippen molar-refractivity contribution in [2.45, 2.75) is 24.9 Å². The number of Topliss-reactive ketones (excluding diaryl/α,β-unsaturated/α-hetero) is 1. The Morgan fingerprint density at radius 2 is 1.55 bits per heavy atom. The molecule has 2 aromatic carbocycles. The van der Waals surface area contributed by atoms with E-state index in [-0.39, 0.29) is 18.1 Å². The Hall–Kier alpha value is -3.73. The lowest BCUT2D eigenvalue weighted by atomic mass is 9.74. The number of nitrogens with one attached hydrogen (secondary N) is 1. The van der Waals surface area contributed by atoms with E-state index >= 15 is 0 Å². The van der Waals surface area contributed by atoms with E-state index in [0.717, 1.165) is 16.7 Å². The third-order valence-corrected chi connectivity index (χ3v) is 5.33. The molecule has 0 heterocycles. The number of carbonyl (C=O) groups is 3. The first kappa shape index (κ1) is 23.5. The van der Waals surface area contributed by atoms with Crippen LogP contribution in [0.25, 0.3) is 0 Å². The highest BCUT2D eigenvalue weighted by Gasteiger charge is 2.43. The number of benzene rings is 2. The smallest absolute Gasteiger partial charge is 0.226 e. The van der Waals surface area contributed by atoms with Gasteiger partial charge in [-0.25, -0.2) is 0 Å². The largest absolute Gasteiger partial charge is 0.348 e. The molecule has 2 rings (SSSR count). The van der Waals surface area contributed by atoms with Crippen LogP contribution < -0.4 is 5.32 Å². The second kappa shape index (κ2) is 10.9. The van der Waals surface area contributed by atoms with Crippen molar-refractivity contribution in [3.05, 3.63) is 109 Å². The van der Waals surface area contributed by atoms with Crippen LogP contribution in [0.1, 0.15) is 24.5 Å². The number of likely N-dealkylation sites (N-methyl/N-ethyl adjacent to an activating group) is 1. The first-order chi connectivity index (χ1) is 14.9. The van der Waals surface area contributed by atoms with E-state index in [4.69, 9.17) is 0 Å². The Kier molecular flexibility index (Phi) is 8.26. The van der Waals surface area contributed by atoms with E-state index in [1.807, 2.05) is 66.7 Å². The molecule has 0 fully saturated rings.